The number of likely N-dealkylation sites (tertiary alicyclic amines) is 1. The summed E-state index contributed by atoms with van der Waals surface area (Å²) >= 11 is 0. The first kappa shape index (κ1) is 13.3. The predicted molar refractivity (Wildman–Crippen MR) is 71.8 cm³/mol. The van der Waals surface area contributed by atoms with E-state index in [1.807, 2.05) is 12.1 Å². The summed E-state index contributed by atoms with van der Waals surface area (Å²) in [6.45, 7) is 5.67. The lowest BCUT2D eigenvalue weighted by molar-refractivity contribution is 0.205. The zero-order valence-corrected chi connectivity index (χ0v) is 10.8. The summed E-state index contributed by atoms with van der Waals surface area (Å²) < 4.78 is 0. The second-order valence-electron chi connectivity index (χ2n) is 4.69. The molecule has 2 nitrogen and oxygen atoms in total. The van der Waals surface area contributed by atoms with E-state index >= 15 is 0 Å². The lowest BCUT2D eigenvalue weighted by Crippen LogP contribution is -2.31. The molecule has 0 aliphatic carbocycles. The van der Waals surface area contributed by atoms with Crippen molar-refractivity contribution in [2.75, 3.05) is 5.73 Å². The minimum Gasteiger partial charge on any atom is -0.399 e. The zero-order chi connectivity index (χ0) is 10.8. The Kier molecular flexibility index (Phi) is 4.63. The van der Waals surface area contributed by atoms with Gasteiger partial charge in [0.1, 0.15) is 0 Å². The Labute approximate surface area is 104 Å². The van der Waals surface area contributed by atoms with Crippen molar-refractivity contribution in [3.05, 3.63) is 29.8 Å². The number of benzene rings is 1. The largest absolute Gasteiger partial charge is 0.399 e. The second kappa shape index (κ2) is 5.55. The van der Waals surface area contributed by atoms with Gasteiger partial charge in [0, 0.05) is 24.3 Å². The third-order valence-electron chi connectivity index (χ3n) is 3.45. The number of hydrogen-bond donors (Lipinski definition) is 1. The van der Waals surface area contributed by atoms with Crippen LogP contribution in [0.15, 0.2) is 24.3 Å². The van der Waals surface area contributed by atoms with Gasteiger partial charge in [0.25, 0.3) is 0 Å². The molecule has 1 heterocycles. The van der Waals surface area contributed by atoms with E-state index in [2.05, 4.69) is 30.9 Å². The molecule has 1 saturated heterocycles. The van der Waals surface area contributed by atoms with Crippen molar-refractivity contribution in [2.45, 2.75) is 45.3 Å². The van der Waals surface area contributed by atoms with E-state index in [-0.39, 0.29) is 12.4 Å². The summed E-state index contributed by atoms with van der Waals surface area (Å²) in [5, 5.41) is 0. The first-order valence-corrected chi connectivity index (χ1v) is 5.77. The van der Waals surface area contributed by atoms with E-state index in [9.17, 15) is 0 Å². The van der Waals surface area contributed by atoms with E-state index in [4.69, 9.17) is 5.73 Å². The molecule has 1 aromatic carbocycles. The number of nitrogens with zero attached hydrogens (tertiary/aromatic N) is 1. The fraction of sp³-hybridized carbons (Fsp3) is 0.538. The number of rotatable bonds is 2. The zero-order valence-electron chi connectivity index (χ0n) is 10.0. The summed E-state index contributed by atoms with van der Waals surface area (Å²) in [4.78, 5) is 2.56. The summed E-state index contributed by atoms with van der Waals surface area (Å²) in [6, 6.07) is 9.64. The molecule has 0 radical (unpaired) electrons. The van der Waals surface area contributed by atoms with Gasteiger partial charge < -0.3 is 5.73 Å². The number of anilines is 1. The van der Waals surface area contributed by atoms with E-state index in [1.165, 1.54) is 18.4 Å². The standard InChI is InChI=1S/C13H20N2.ClH/c1-10-6-7-11(2)15(10)9-12-4-3-5-13(14)8-12;/h3-5,8,10-11H,6-7,9,14H2,1-2H3;1H. The molecule has 0 bridgehead atoms. The second-order valence-corrected chi connectivity index (χ2v) is 4.69. The normalized spacial score (nSPS) is 25.4. The fourth-order valence-electron chi connectivity index (χ4n) is 2.46. The Balaban J connectivity index is 0.00000128. The van der Waals surface area contributed by atoms with Crippen LogP contribution in [0.4, 0.5) is 5.69 Å². The van der Waals surface area contributed by atoms with Gasteiger partial charge in [0.05, 0.1) is 0 Å². The maximum absolute atomic E-state index is 5.78. The topological polar surface area (TPSA) is 29.3 Å². The average Bonchev–Trinajstić information content (AvgIpc) is 2.50. The summed E-state index contributed by atoms with van der Waals surface area (Å²) in [6.07, 6.45) is 2.65. The third kappa shape index (κ3) is 2.89. The Hall–Kier alpha value is -0.730. The molecule has 0 aromatic heterocycles. The molecule has 2 atom stereocenters. The summed E-state index contributed by atoms with van der Waals surface area (Å²) in [5.74, 6) is 0. The number of hydrogen-bond acceptors (Lipinski definition) is 2. The molecule has 2 rings (SSSR count). The van der Waals surface area contributed by atoms with Gasteiger partial charge in [-0.25, -0.2) is 0 Å². The lowest BCUT2D eigenvalue weighted by atomic mass is 10.1. The van der Waals surface area contributed by atoms with Crippen LogP contribution < -0.4 is 5.73 Å². The molecule has 3 heteroatoms. The van der Waals surface area contributed by atoms with Gasteiger partial charge in [-0.15, -0.1) is 12.4 Å². The molecule has 2 N–H and O–H groups in total. The molecule has 0 spiro atoms. The SMILES string of the molecule is CC1CCC(C)N1Cc1cccc(N)c1.Cl. The van der Waals surface area contributed by atoms with Crippen LogP contribution >= 0.6 is 12.4 Å². The maximum atomic E-state index is 5.78. The van der Waals surface area contributed by atoms with Gasteiger partial charge in [-0.2, -0.15) is 0 Å². The highest BCUT2D eigenvalue weighted by atomic mass is 35.5. The summed E-state index contributed by atoms with van der Waals surface area (Å²) in [7, 11) is 0. The highest BCUT2D eigenvalue weighted by Gasteiger charge is 2.26. The van der Waals surface area contributed by atoms with Gasteiger partial charge in [-0.3, -0.25) is 4.90 Å². The Morgan fingerprint density at radius 1 is 1.25 bits per heavy atom. The van der Waals surface area contributed by atoms with Crippen LogP contribution in [0.2, 0.25) is 0 Å². The van der Waals surface area contributed by atoms with Crippen molar-refractivity contribution in [2.24, 2.45) is 0 Å². The highest BCUT2D eigenvalue weighted by Crippen LogP contribution is 2.25. The van der Waals surface area contributed by atoms with Gasteiger partial charge >= 0.3 is 0 Å². The molecule has 1 aliphatic heterocycles. The Morgan fingerprint density at radius 2 is 1.88 bits per heavy atom. The number of nitrogens with two attached hydrogens (primary N) is 1. The van der Waals surface area contributed by atoms with Crippen molar-refractivity contribution in [3.8, 4) is 0 Å². The quantitative estimate of drug-likeness (QED) is 0.806. The molecular formula is C13H21ClN2. The van der Waals surface area contributed by atoms with E-state index < -0.39 is 0 Å². The molecule has 16 heavy (non-hydrogen) atoms. The molecule has 90 valence electrons. The summed E-state index contributed by atoms with van der Waals surface area (Å²) in [5.41, 5.74) is 7.98. The van der Waals surface area contributed by atoms with E-state index in [0.29, 0.717) is 12.1 Å². The first-order valence-electron chi connectivity index (χ1n) is 5.77. The molecular weight excluding hydrogens is 220 g/mol. The van der Waals surface area contributed by atoms with Gasteiger partial charge in [-0.1, -0.05) is 12.1 Å². The molecule has 0 saturated carbocycles. The monoisotopic (exact) mass is 240 g/mol. The number of halogens is 1. The van der Waals surface area contributed by atoms with Crippen LogP contribution in [-0.4, -0.2) is 17.0 Å². The van der Waals surface area contributed by atoms with Crippen molar-refractivity contribution >= 4 is 18.1 Å². The highest BCUT2D eigenvalue weighted by molar-refractivity contribution is 5.85. The van der Waals surface area contributed by atoms with Crippen molar-refractivity contribution < 1.29 is 0 Å². The molecule has 1 fully saturated rings. The maximum Gasteiger partial charge on any atom is 0.0317 e. The van der Waals surface area contributed by atoms with Crippen LogP contribution in [0.3, 0.4) is 0 Å². The minimum atomic E-state index is 0. The predicted octanol–water partition coefficient (Wildman–Crippen LogP) is 3.06. The van der Waals surface area contributed by atoms with Gasteiger partial charge in [0.15, 0.2) is 0 Å². The lowest BCUT2D eigenvalue weighted by Gasteiger charge is -2.26. The average molecular weight is 241 g/mol. The van der Waals surface area contributed by atoms with E-state index in [1.54, 1.807) is 0 Å². The molecule has 1 aliphatic rings. The van der Waals surface area contributed by atoms with Crippen LogP contribution in [0, 0.1) is 0 Å². The van der Waals surface area contributed by atoms with Gasteiger partial charge in [-0.05, 0) is 44.4 Å². The Morgan fingerprint density at radius 3 is 2.44 bits per heavy atom. The van der Waals surface area contributed by atoms with Gasteiger partial charge in [0.2, 0.25) is 0 Å². The van der Waals surface area contributed by atoms with E-state index in [0.717, 1.165) is 12.2 Å². The first-order chi connectivity index (χ1) is 7.16. The smallest absolute Gasteiger partial charge is 0.0317 e. The number of nitrogen functional groups attached to an aromatic ring is 1. The fourth-order valence-corrected chi connectivity index (χ4v) is 2.46. The van der Waals surface area contributed by atoms with Crippen molar-refractivity contribution in [1.82, 2.24) is 4.90 Å². The molecule has 0 amide bonds. The third-order valence-corrected chi connectivity index (χ3v) is 3.45. The van der Waals surface area contributed by atoms with Crippen molar-refractivity contribution in [3.63, 3.8) is 0 Å². The Bertz CT molecular complexity index is 330. The van der Waals surface area contributed by atoms with Crippen LogP contribution in [0.5, 0.6) is 0 Å². The van der Waals surface area contributed by atoms with Crippen LogP contribution in [0.25, 0.3) is 0 Å². The van der Waals surface area contributed by atoms with Crippen molar-refractivity contribution in [1.29, 1.82) is 0 Å². The molecule has 1 aromatic rings. The minimum absolute atomic E-state index is 0. The molecule has 2 unspecified atom stereocenters. The van der Waals surface area contributed by atoms with Crippen LogP contribution in [0.1, 0.15) is 32.3 Å². The van der Waals surface area contributed by atoms with Crippen LogP contribution in [-0.2, 0) is 6.54 Å².